The first-order valence-corrected chi connectivity index (χ1v) is 4.63. The van der Waals surface area contributed by atoms with E-state index in [1.807, 2.05) is 6.92 Å². The van der Waals surface area contributed by atoms with Crippen molar-refractivity contribution in [2.75, 3.05) is 6.54 Å². The monoisotopic (exact) mass is 201 g/mol. The fourth-order valence-electron chi connectivity index (χ4n) is 1.29. The number of aryl methyl sites for hydroxylation is 1. The molecule has 1 unspecified atom stereocenters. The van der Waals surface area contributed by atoms with Crippen LogP contribution in [-0.2, 0) is 0 Å². The SMILES string of the molecule is Cc1cc(Cl)ccc1C(F)CCN. The summed E-state index contributed by atoms with van der Waals surface area (Å²) in [7, 11) is 0. The molecule has 1 rings (SSSR count). The topological polar surface area (TPSA) is 26.0 Å². The Morgan fingerprint density at radius 1 is 1.54 bits per heavy atom. The van der Waals surface area contributed by atoms with E-state index < -0.39 is 6.17 Å². The van der Waals surface area contributed by atoms with E-state index >= 15 is 0 Å². The second-order valence-corrected chi connectivity index (χ2v) is 3.48. The molecule has 0 aliphatic rings. The molecule has 0 fully saturated rings. The van der Waals surface area contributed by atoms with Gasteiger partial charge in [-0.2, -0.15) is 0 Å². The Hall–Kier alpha value is -0.600. The summed E-state index contributed by atoms with van der Waals surface area (Å²) in [5.74, 6) is 0. The lowest BCUT2D eigenvalue weighted by atomic mass is 10.0. The van der Waals surface area contributed by atoms with Crippen LogP contribution >= 0.6 is 11.6 Å². The molecule has 0 aromatic heterocycles. The van der Waals surface area contributed by atoms with Crippen LogP contribution in [0.1, 0.15) is 23.7 Å². The van der Waals surface area contributed by atoms with Gasteiger partial charge in [0.1, 0.15) is 6.17 Å². The smallest absolute Gasteiger partial charge is 0.127 e. The Morgan fingerprint density at radius 2 is 2.23 bits per heavy atom. The number of rotatable bonds is 3. The molecule has 1 aromatic carbocycles. The molecule has 1 nitrogen and oxygen atoms in total. The second kappa shape index (κ2) is 4.58. The van der Waals surface area contributed by atoms with Gasteiger partial charge in [-0.15, -0.1) is 0 Å². The van der Waals surface area contributed by atoms with Crippen molar-refractivity contribution in [3.8, 4) is 0 Å². The highest BCUT2D eigenvalue weighted by atomic mass is 35.5. The fraction of sp³-hybridized carbons (Fsp3) is 0.400. The highest BCUT2D eigenvalue weighted by Crippen LogP contribution is 2.25. The van der Waals surface area contributed by atoms with Gasteiger partial charge in [-0.3, -0.25) is 0 Å². The maximum Gasteiger partial charge on any atom is 0.127 e. The van der Waals surface area contributed by atoms with Crippen molar-refractivity contribution in [2.45, 2.75) is 19.5 Å². The molecule has 13 heavy (non-hydrogen) atoms. The van der Waals surface area contributed by atoms with Crippen LogP contribution in [0.2, 0.25) is 5.02 Å². The summed E-state index contributed by atoms with van der Waals surface area (Å²) >= 11 is 5.75. The van der Waals surface area contributed by atoms with E-state index in [1.54, 1.807) is 18.2 Å². The lowest BCUT2D eigenvalue weighted by molar-refractivity contribution is 0.326. The van der Waals surface area contributed by atoms with Gasteiger partial charge in [0.2, 0.25) is 0 Å². The van der Waals surface area contributed by atoms with E-state index in [0.717, 1.165) is 5.56 Å². The van der Waals surface area contributed by atoms with E-state index in [1.165, 1.54) is 0 Å². The van der Waals surface area contributed by atoms with E-state index in [4.69, 9.17) is 17.3 Å². The van der Waals surface area contributed by atoms with Gasteiger partial charge >= 0.3 is 0 Å². The molecule has 0 spiro atoms. The van der Waals surface area contributed by atoms with Crippen LogP contribution in [0.25, 0.3) is 0 Å². The van der Waals surface area contributed by atoms with E-state index in [-0.39, 0.29) is 0 Å². The lowest BCUT2D eigenvalue weighted by Crippen LogP contribution is -2.04. The highest BCUT2D eigenvalue weighted by molar-refractivity contribution is 6.30. The predicted molar refractivity (Wildman–Crippen MR) is 53.7 cm³/mol. The quantitative estimate of drug-likeness (QED) is 0.800. The van der Waals surface area contributed by atoms with Gasteiger partial charge in [0, 0.05) is 5.02 Å². The summed E-state index contributed by atoms with van der Waals surface area (Å²) in [6.07, 6.45) is -0.607. The average molecular weight is 202 g/mol. The first-order chi connectivity index (χ1) is 6.15. The van der Waals surface area contributed by atoms with Crippen molar-refractivity contribution < 1.29 is 4.39 Å². The average Bonchev–Trinajstić information content (AvgIpc) is 2.04. The highest BCUT2D eigenvalue weighted by Gasteiger charge is 2.10. The van der Waals surface area contributed by atoms with Crippen LogP contribution < -0.4 is 5.73 Å². The first-order valence-electron chi connectivity index (χ1n) is 4.25. The standard InChI is InChI=1S/C10H13ClFN/c1-7-6-8(11)2-3-9(7)10(12)4-5-13/h2-3,6,10H,4-5,13H2,1H3. The number of benzene rings is 1. The third-order valence-electron chi connectivity index (χ3n) is 1.99. The minimum Gasteiger partial charge on any atom is -0.330 e. The summed E-state index contributed by atoms with van der Waals surface area (Å²) in [5.41, 5.74) is 6.85. The van der Waals surface area contributed by atoms with E-state index in [0.29, 0.717) is 23.6 Å². The van der Waals surface area contributed by atoms with Crippen LogP contribution in [0.15, 0.2) is 18.2 Å². The molecule has 0 saturated carbocycles. The molecule has 0 radical (unpaired) electrons. The minimum atomic E-state index is -0.970. The minimum absolute atomic E-state index is 0.364. The number of alkyl halides is 1. The second-order valence-electron chi connectivity index (χ2n) is 3.05. The molecule has 3 heteroatoms. The molecular formula is C10H13ClFN. The van der Waals surface area contributed by atoms with Gasteiger partial charge in [0.05, 0.1) is 0 Å². The van der Waals surface area contributed by atoms with Crippen LogP contribution in [0.5, 0.6) is 0 Å². The fourth-order valence-corrected chi connectivity index (χ4v) is 1.52. The normalized spacial score (nSPS) is 12.9. The third-order valence-corrected chi connectivity index (χ3v) is 2.22. The molecule has 1 aromatic rings. The molecule has 0 aliphatic carbocycles. The van der Waals surface area contributed by atoms with E-state index in [2.05, 4.69) is 0 Å². The Morgan fingerprint density at radius 3 is 2.77 bits per heavy atom. The number of hydrogen-bond donors (Lipinski definition) is 1. The zero-order chi connectivity index (χ0) is 9.84. The van der Waals surface area contributed by atoms with Crippen molar-refractivity contribution >= 4 is 11.6 Å². The summed E-state index contributed by atoms with van der Waals surface area (Å²) in [6, 6.07) is 5.19. The summed E-state index contributed by atoms with van der Waals surface area (Å²) < 4.78 is 13.4. The largest absolute Gasteiger partial charge is 0.330 e. The maximum atomic E-state index is 13.4. The number of nitrogens with two attached hydrogens (primary N) is 1. The zero-order valence-electron chi connectivity index (χ0n) is 7.56. The molecule has 0 amide bonds. The van der Waals surface area contributed by atoms with Gasteiger partial charge in [-0.25, -0.2) is 4.39 Å². The Bertz CT molecular complexity index is 288. The van der Waals surface area contributed by atoms with Gasteiger partial charge in [-0.05, 0) is 43.1 Å². The molecule has 0 bridgehead atoms. The maximum absolute atomic E-state index is 13.4. The van der Waals surface area contributed by atoms with Crippen molar-refractivity contribution in [1.29, 1.82) is 0 Å². The van der Waals surface area contributed by atoms with Gasteiger partial charge in [-0.1, -0.05) is 17.7 Å². The van der Waals surface area contributed by atoms with Crippen molar-refractivity contribution in [2.24, 2.45) is 5.73 Å². The molecule has 72 valence electrons. The third kappa shape index (κ3) is 2.68. The molecular weight excluding hydrogens is 189 g/mol. The Balaban J connectivity index is 2.88. The van der Waals surface area contributed by atoms with Crippen LogP contribution in [0.4, 0.5) is 4.39 Å². The molecule has 2 N–H and O–H groups in total. The van der Waals surface area contributed by atoms with Crippen molar-refractivity contribution in [1.82, 2.24) is 0 Å². The molecule has 0 heterocycles. The van der Waals surface area contributed by atoms with Crippen LogP contribution in [-0.4, -0.2) is 6.54 Å². The first kappa shape index (κ1) is 10.5. The lowest BCUT2D eigenvalue weighted by Gasteiger charge is -2.10. The van der Waals surface area contributed by atoms with Gasteiger partial charge < -0.3 is 5.73 Å². The summed E-state index contributed by atoms with van der Waals surface area (Å²) in [6.45, 7) is 2.22. The summed E-state index contributed by atoms with van der Waals surface area (Å²) in [5, 5.41) is 0.640. The number of halogens is 2. The Labute approximate surface area is 82.7 Å². The van der Waals surface area contributed by atoms with E-state index in [9.17, 15) is 4.39 Å². The van der Waals surface area contributed by atoms with Crippen LogP contribution in [0.3, 0.4) is 0 Å². The molecule has 0 saturated heterocycles. The summed E-state index contributed by atoms with van der Waals surface area (Å²) in [4.78, 5) is 0. The number of hydrogen-bond acceptors (Lipinski definition) is 1. The van der Waals surface area contributed by atoms with Crippen molar-refractivity contribution in [3.63, 3.8) is 0 Å². The molecule has 0 aliphatic heterocycles. The Kier molecular flexibility index (Phi) is 3.70. The van der Waals surface area contributed by atoms with Crippen LogP contribution in [0, 0.1) is 6.92 Å². The molecule has 1 atom stereocenters. The predicted octanol–water partition coefficient (Wildman–Crippen LogP) is 3.01. The van der Waals surface area contributed by atoms with Crippen molar-refractivity contribution in [3.05, 3.63) is 34.3 Å². The van der Waals surface area contributed by atoms with Gasteiger partial charge in [0.25, 0.3) is 0 Å². The van der Waals surface area contributed by atoms with Gasteiger partial charge in [0.15, 0.2) is 0 Å². The zero-order valence-corrected chi connectivity index (χ0v) is 8.31.